The number of imidazole rings is 1. The summed E-state index contributed by atoms with van der Waals surface area (Å²) < 4.78 is 2.02. The fraction of sp³-hybridized carbons (Fsp3) is 0.471. The van der Waals surface area contributed by atoms with Crippen LogP contribution in [0.2, 0.25) is 0 Å². The minimum atomic E-state index is 0.393. The molecule has 0 bridgehead atoms. The Morgan fingerprint density at radius 1 is 1.10 bits per heavy atom. The van der Waals surface area contributed by atoms with Crippen LogP contribution in [-0.4, -0.2) is 15.6 Å². The van der Waals surface area contributed by atoms with Gasteiger partial charge in [0.25, 0.3) is 0 Å². The predicted molar refractivity (Wildman–Crippen MR) is 81.8 cm³/mol. The summed E-state index contributed by atoms with van der Waals surface area (Å²) in [6, 6.07) is 9.25. The predicted octanol–water partition coefficient (Wildman–Crippen LogP) is 3.40. The molecule has 1 heterocycles. The lowest BCUT2D eigenvalue weighted by molar-refractivity contribution is 0.457. The van der Waals surface area contributed by atoms with E-state index in [0.717, 1.165) is 12.2 Å². The van der Waals surface area contributed by atoms with Gasteiger partial charge in [-0.05, 0) is 28.5 Å². The van der Waals surface area contributed by atoms with E-state index in [1.54, 1.807) is 6.20 Å². The van der Waals surface area contributed by atoms with Crippen molar-refractivity contribution in [3.05, 3.63) is 48.5 Å². The molecule has 2 aromatic rings. The molecule has 1 aliphatic carbocycles. The fourth-order valence-electron chi connectivity index (χ4n) is 3.12. The van der Waals surface area contributed by atoms with Crippen LogP contribution < -0.4 is 5.32 Å². The maximum atomic E-state index is 4.07. The van der Waals surface area contributed by atoms with Gasteiger partial charge in [0.05, 0.1) is 6.33 Å². The van der Waals surface area contributed by atoms with Crippen molar-refractivity contribution in [1.82, 2.24) is 14.9 Å². The number of hydrogen-bond donors (Lipinski definition) is 1. The van der Waals surface area contributed by atoms with Crippen molar-refractivity contribution >= 4 is 0 Å². The molecule has 0 spiro atoms. The van der Waals surface area contributed by atoms with Crippen molar-refractivity contribution in [3.8, 4) is 5.69 Å². The maximum absolute atomic E-state index is 4.07. The molecule has 0 radical (unpaired) electrons. The van der Waals surface area contributed by atoms with Gasteiger partial charge in [0.2, 0.25) is 0 Å². The van der Waals surface area contributed by atoms with Crippen molar-refractivity contribution in [2.45, 2.75) is 40.3 Å². The van der Waals surface area contributed by atoms with E-state index in [0.29, 0.717) is 16.9 Å². The van der Waals surface area contributed by atoms with Crippen LogP contribution in [0.5, 0.6) is 0 Å². The number of nitrogens with zero attached hydrogens (tertiary/aromatic N) is 2. The number of hydrogen-bond acceptors (Lipinski definition) is 2. The first-order valence-electron chi connectivity index (χ1n) is 7.23. The average Bonchev–Trinajstić information content (AvgIpc) is 2.83. The lowest BCUT2D eigenvalue weighted by Gasteiger charge is -2.08. The minimum absolute atomic E-state index is 0.393. The van der Waals surface area contributed by atoms with Crippen LogP contribution in [0, 0.1) is 10.8 Å². The summed E-state index contributed by atoms with van der Waals surface area (Å²) in [5.74, 6) is 0. The second kappa shape index (κ2) is 4.45. The molecule has 106 valence electrons. The van der Waals surface area contributed by atoms with Gasteiger partial charge in [-0.25, -0.2) is 4.98 Å². The Balaban J connectivity index is 1.63. The zero-order chi connectivity index (χ0) is 14.4. The van der Waals surface area contributed by atoms with Crippen molar-refractivity contribution in [1.29, 1.82) is 0 Å². The Labute approximate surface area is 121 Å². The largest absolute Gasteiger partial charge is 0.309 e. The van der Waals surface area contributed by atoms with E-state index >= 15 is 0 Å². The second-order valence-corrected chi connectivity index (χ2v) is 6.89. The molecule has 3 rings (SSSR count). The molecule has 20 heavy (non-hydrogen) atoms. The fourth-order valence-corrected chi connectivity index (χ4v) is 3.12. The van der Waals surface area contributed by atoms with E-state index in [-0.39, 0.29) is 0 Å². The van der Waals surface area contributed by atoms with Gasteiger partial charge in [0.1, 0.15) is 0 Å². The van der Waals surface area contributed by atoms with Crippen LogP contribution >= 0.6 is 0 Å². The van der Waals surface area contributed by atoms with E-state index in [1.807, 2.05) is 17.1 Å². The summed E-state index contributed by atoms with van der Waals surface area (Å²) in [5, 5.41) is 3.69. The van der Waals surface area contributed by atoms with E-state index in [9.17, 15) is 0 Å². The summed E-state index contributed by atoms with van der Waals surface area (Å²) in [6.07, 6.45) is 5.58. The smallest absolute Gasteiger partial charge is 0.0991 e. The van der Waals surface area contributed by atoms with Gasteiger partial charge in [0.15, 0.2) is 0 Å². The molecule has 1 aromatic heterocycles. The molecule has 1 saturated carbocycles. The molecule has 1 aromatic carbocycles. The Kier molecular flexibility index (Phi) is 2.98. The van der Waals surface area contributed by atoms with Crippen molar-refractivity contribution in [3.63, 3.8) is 0 Å². The second-order valence-electron chi connectivity index (χ2n) is 6.89. The van der Waals surface area contributed by atoms with Gasteiger partial charge in [-0.2, -0.15) is 0 Å². The first-order valence-corrected chi connectivity index (χ1v) is 7.23. The third-order valence-electron chi connectivity index (χ3n) is 5.27. The Hall–Kier alpha value is -1.61. The molecule has 3 nitrogen and oxygen atoms in total. The van der Waals surface area contributed by atoms with Gasteiger partial charge in [0, 0.05) is 30.7 Å². The Bertz CT molecular complexity index is 565. The number of benzene rings is 1. The summed E-state index contributed by atoms with van der Waals surface area (Å²) in [5.41, 5.74) is 3.26. The van der Waals surface area contributed by atoms with Crippen molar-refractivity contribution in [2.75, 3.05) is 0 Å². The van der Waals surface area contributed by atoms with Crippen LogP contribution in [0.4, 0.5) is 0 Å². The molecule has 0 aliphatic heterocycles. The maximum Gasteiger partial charge on any atom is 0.0991 e. The molecule has 1 aliphatic rings. The summed E-state index contributed by atoms with van der Waals surface area (Å²) >= 11 is 0. The quantitative estimate of drug-likeness (QED) is 0.922. The highest BCUT2D eigenvalue weighted by Crippen LogP contribution is 2.62. The standard InChI is InChI=1S/C17H23N3/c1-16(2)15(17(16,3)4)19-11-13-5-7-14(8-6-13)20-10-9-18-12-20/h5-10,12,15,19H,11H2,1-4H3. The zero-order valence-corrected chi connectivity index (χ0v) is 12.7. The van der Waals surface area contributed by atoms with E-state index in [4.69, 9.17) is 0 Å². The van der Waals surface area contributed by atoms with Crippen molar-refractivity contribution in [2.24, 2.45) is 10.8 Å². The third kappa shape index (κ3) is 2.06. The summed E-state index contributed by atoms with van der Waals surface area (Å²) in [7, 11) is 0. The minimum Gasteiger partial charge on any atom is -0.309 e. The Morgan fingerprint density at radius 2 is 1.75 bits per heavy atom. The molecule has 0 saturated heterocycles. The van der Waals surface area contributed by atoms with Crippen LogP contribution in [0.1, 0.15) is 33.3 Å². The van der Waals surface area contributed by atoms with Crippen LogP contribution in [0.25, 0.3) is 5.69 Å². The molecular weight excluding hydrogens is 246 g/mol. The van der Waals surface area contributed by atoms with Crippen LogP contribution in [0.3, 0.4) is 0 Å². The van der Waals surface area contributed by atoms with Gasteiger partial charge < -0.3 is 9.88 Å². The average molecular weight is 269 g/mol. The Morgan fingerprint density at radius 3 is 2.25 bits per heavy atom. The molecule has 0 unspecified atom stereocenters. The molecular formula is C17H23N3. The number of rotatable bonds is 4. The van der Waals surface area contributed by atoms with Crippen LogP contribution in [-0.2, 0) is 6.54 Å². The lowest BCUT2D eigenvalue weighted by atomic mass is 10.0. The highest BCUT2D eigenvalue weighted by atomic mass is 15.0. The zero-order valence-electron chi connectivity index (χ0n) is 12.7. The van der Waals surface area contributed by atoms with E-state index in [2.05, 4.69) is 62.3 Å². The third-order valence-corrected chi connectivity index (χ3v) is 5.27. The monoisotopic (exact) mass is 269 g/mol. The van der Waals surface area contributed by atoms with Gasteiger partial charge in [-0.3, -0.25) is 0 Å². The molecule has 1 N–H and O–H groups in total. The number of nitrogens with one attached hydrogen (secondary N) is 1. The molecule has 3 heteroatoms. The SMILES string of the molecule is CC1(C)C(NCc2ccc(-n3ccnc3)cc2)C1(C)C. The topological polar surface area (TPSA) is 29.9 Å². The lowest BCUT2D eigenvalue weighted by Crippen LogP contribution is -2.21. The highest BCUT2D eigenvalue weighted by Gasteiger charge is 2.64. The summed E-state index contributed by atoms with van der Waals surface area (Å²) in [4.78, 5) is 4.07. The number of aromatic nitrogens is 2. The summed E-state index contributed by atoms with van der Waals surface area (Å²) in [6.45, 7) is 10.3. The van der Waals surface area contributed by atoms with E-state index < -0.39 is 0 Å². The molecule has 0 atom stereocenters. The van der Waals surface area contributed by atoms with Gasteiger partial charge in [-0.1, -0.05) is 39.8 Å². The van der Waals surface area contributed by atoms with Gasteiger partial charge in [-0.15, -0.1) is 0 Å². The molecule has 0 amide bonds. The first kappa shape index (κ1) is 13.4. The highest BCUT2D eigenvalue weighted by molar-refractivity contribution is 5.34. The van der Waals surface area contributed by atoms with E-state index in [1.165, 1.54) is 5.56 Å². The normalized spacial score (nSPS) is 20.0. The van der Waals surface area contributed by atoms with Crippen LogP contribution in [0.15, 0.2) is 43.0 Å². The van der Waals surface area contributed by atoms with Gasteiger partial charge >= 0.3 is 0 Å². The molecule has 1 fully saturated rings. The first-order chi connectivity index (χ1) is 9.43. The van der Waals surface area contributed by atoms with Crippen molar-refractivity contribution < 1.29 is 0 Å².